The van der Waals surface area contributed by atoms with Gasteiger partial charge in [-0.05, 0) is 31.4 Å². The maximum Gasteiger partial charge on any atom is 0.337 e. The number of carboxylic acid groups (broad SMARTS) is 1. The van der Waals surface area contributed by atoms with Crippen LogP contribution >= 0.6 is 0 Å². The van der Waals surface area contributed by atoms with Crippen LogP contribution in [0.5, 0.6) is 0 Å². The van der Waals surface area contributed by atoms with Crippen LogP contribution in [0.15, 0.2) is 18.2 Å². The molecule has 88 valence electrons. The number of carbonyl (C=O) groups is 1. The Morgan fingerprint density at radius 3 is 2.82 bits per heavy atom. The number of benzene rings is 1. The molecule has 0 spiro atoms. The molecule has 1 heterocycles. The third-order valence-corrected chi connectivity index (χ3v) is 3.53. The minimum absolute atomic E-state index is 0.289. The zero-order valence-electron chi connectivity index (χ0n) is 9.84. The molecule has 2 atom stereocenters. The van der Waals surface area contributed by atoms with Gasteiger partial charge in [-0.1, -0.05) is 13.0 Å². The lowest BCUT2D eigenvalue weighted by Gasteiger charge is -2.04. The molecule has 0 bridgehead atoms. The SMILES string of the molecule is Cc1nc2c(C(=O)O)cccc2n1C1CC1C. The maximum atomic E-state index is 11.1. The van der Waals surface area contributed by atoms with Gasteiger partial charge in [-0.15, -0.1) is 0 Å². The topological polar surface area (TPSA) is 55.1 Å². The van der Waals surface area contributed by atoms with Crippen LogP contribution in [0.25, 0.3) is 11.0 Å². The lowest BCUT2D eigenvalue weighted by atomic mass is 10.2. The molecular formula is C13H14N2O2. The number of para-hydroxylation sites is 1. The highest BCUT2D eigenvalue weighted by Gasteiger charge is 2.36. The Morgan fingerprint density at radius 1 is 1.53 bits per heavy atom. The number of nitrogens with zero attached hydrogens (tertiary/aromatic N) is 2. The van der Waals surface area contributed by atoms with E-state index in [2.05, 4.69) is 16.5 Å². The Balaban J connectivity index is 2.28. The number of imidazole rings is 1. The predicted octanol–water partition coefficient (Wildman–Crippen LogP) is 2.62. The molecule has 1 aromatic carbocycles. The predicted molar refractivity (Wildman–Crippen MR) is 64.2 cm³/mol. The molecular weight excluding hydrogens is 216 g/mol. The number of rotatable bonds is 2. The summed E-state index contributed by atoms with van der Waals surface area (Å²) in [7, 11) is 0. The fourth-order valence-electron chi connectivity index (χ4n) is 2.49. The van der Waals surface area contributed by atoms with Gasteiger partial charge in [-0.25, -0.2) is 9.78 Å². The van der Waals surface area contributed by atoms with E-state index in [1.807, 2.05) is 13.0 Å². The van der Waals surface area contributed by atoms with Crippen molar-refractivity contribution >= 4 is 17.0 Å². The number of carboxylic acids is 1. The number of aryl methyl sites for hydroxylation is 1. The molecule has 1 aromatic heterocycles. The van der Waals surface area contributed by atoms with Crippen molar-refractivity contribution in [2.45, 2.75) is 26.3 Å². The van der Waals surface area contributed by atoms with E-state index in [1.54, 1.807) is 12.1 Å². The highest BCUT2D eigenvalue weighted by Crippen LogP contribution is 2.45. The molecule has 1 aliphatic carbocycles. The van der Waals surface area contributed by atoms with Crippen molar-refractivity contribution in [2.75, 3.05) is 0 Å². The van der Waals surface area contributed by atoms with E-state index < -0.39 is 5.97 Å². The summed E-state index contributed by atoms with van der Waals surface area (Å²) in [5.41, 5.74) is 1.84. The number of hydrogen-bond donors (Lipinski definition) is 1. The Labute approximate surface area is 98.9 Å². The quantitative estimate of drug-likeness (QED) is 0.862. The van der Waals surface area contributed by atoms with E-state index in [0.717, 1.165) is 17.8 Å². The second-order valence-electron chi connectivity index (χ2n) is 4.79. The average Bonchev–Trinajstić information content (AvgIpc) is 2.88. The van der Waals surface area contributed by atoms with Gasteiger partial charge in [-0.2, -0.15) is 0 Å². The Bertz CT molecular complexity index is 615. The van der Waals surface area contributed by atoms with Crippen LogP contribution in [0.2, 0.25) is 0 Å². The van der Waals surface area contributed by atoms with Crippen LogP contribution in [-0.4, -0.2) is 20.6 Å². The summed E-state index contributed by atoms with van der Waals surface area (Å²) in [6, 6.07) is 5.84. The first-order chi connectivity index (χ1) is 8.09. The van der Waals surface area contributed by atoms with Crippen molar-refractivity contribution in [3.8, 4) is 0 Å². The van der Waals surface area contributed by atoms with Gasteiger partial charge in [0.1, 0.15) is 11.3 Å². The number of hydrogen-bond acceptors (Lipinski definition) is 2. The van der Waals surface area contributed by atoms with Gasteiger partial charge in [-0.3, -0.25) is 0 Å². The second-order valence-corrected chi connectivity index (χ2v) is 4.79. The van der Waals surface area contributed by atoms with Crippen LogP contribution in [0, 0.1) is 12.8 Å². The highest BCUT2D eigenvalue weighted by molar-refractivity contribution is 6.01. The molecule has 1 N–H and O–H groups in total. The second kappa shape index (κ2) is 3.32. The standard InChI is InChI=1S/C13H14N2O2/c1-7-6-11(7)15-8(2)14-12-9(13(16)17)4-3-5-10(12)15/h3-5,7,11H,6H2,1-2H3,(H,16,17). The normalized spacial score (nSPS) is 22.9. The lowest BCUT2D eigenvalue weighted by molar-refractivity contribution is 0.0699. The molecule has 4 nitrogen and oxygen atoms in total. The fourth-order valence-corrected chi connectivity index (χ4v) is 2.49. The largest absolute Gasteiger partial charge is 0.478 e. The van der Waals surface area contributed by atoms with Gasteiger partial charge < -0.3 is 9.67 Å². The zero-order valence-corrected chi connectivity index (χ0v) is 9.84. The molecule has 0 radical (unpaired) electrons. The van der Waals surface area contributed by atoms with Gasteiger partial charge in [0.2, 0.25) is 0 Å². The van der Waals surface area contributed by atoms with Crippen LogP contribution < -0.4 is 0 Å². The molecule has 0 saturated heterocycles. The van der Waals surface area contributed by atoms with Crippen molar-refractivity contribution in [3.05, 3.63) is 29.6 Å². The first-order valence-electron chi connectivity index (χ1n) is 5.80. The van der Waals surface area contributed by atoms with E-state index in [9.17, 15) is 4.79 Å². The molecule has 1 saturated carbocycles. The minimum Gasteiger partial charge on any atom is -0.478 e. The summed E-state index contributed by atoms with van der Waals surface area (Å²) in [6.07, 6.45) is 1.16. The molecule has 17 heavy (non-hydrogen) atoms. The smallest absolute Gasteiger partial charge is 0.337 e. The minimum atomic E-state index is -0.913. The van der Waals surface area contributed by atoms with Crippen molar-refractivity contribution < 1.29 is 9.90 Å². The first kappa shape index (κ1) is 10.3. The van der Waals surface area contributed by atoms with Gasteiger partial charge in [0.25, 0.3) is 0 Å². The van der Waals surface area contributed by atoms with Crippen molar-refractivity contribution in [1.29, 1.82) is 0 Å². The van der Waals surface area contributed by atoms with Crippen molar-refractivity contribution in [3.63, 3.8) is 0 Å². The molecule has 4 heteroatoms. The molecule has 1 fully saturated rings. The Kier molecular flexibility index (Phi) is 2.02. The van der Waals surface area contributed by atoms with Gasteiger partial charge in [0.05, 0.1) is 11.1 Å². The Morgan fingerprint density at radius 2 is 2.24 bits per heavy atom. The van der Waals surface area contributed by atoms with E-state index in [0.29, 0.717) is 17.5 Å². The van der Waals surface area contributed by atoms with Crippen LogP contribution in [-0.2, 0) is 0 Å². The van der Waals surface area contributed by atoms with Gasteiger partial charge in [0.15, 0.2) is 0 Å². The highest BCUT2D eigenvalue weighted by atomic mass is 16.4. The van der Waals surface area contributed by atoms with E-state index in [1.165, 1.54) is 0 Å². The molecule has 0 aliphatic heterocycles. The molecule has 0 amide bonds. The van der Waals surface area contributed by atoms with Crippen LogP contribution in [0.1, 0.15) is 35.6 Å². The summed E-state index contributed by atoms with van der Waals surface area (Å²) in [5.74, 6) is 0.659. The summed E-state index contributed by atoms with van der Waals surface area (Å²) < 4.78 is 2.17. The lowest BCUT2D eigenvalue weighted by Crippen LogP contribution is -1.99. The van der Waals surface area contributed by atoms with Crippen molar-refractivity contribution in [2.24, 2.45) is 5.92 Å². The van der Waals surface area contributed by atoms with Gasteiger partial charge in [0, 0.05) is 6.04 Å². The summed E-state index contributed by atoms with van der Waals surface area (Å²) in [6.45, 7) is 4.15. The summed E-state index contributed by atoms with van der Waals surface area (Å²) in [4.78, 5) is 15.5. The van der Waals surface area contributed by atoms with Gasteiger partial charge >= 0.3 is 5.97 Å². The zero-order chi connectivity index (χ0) is 12.2. The summed E-state index contributed by atoms with van der Waals surface area (Å²) in [5, 5.41) is 9.14. The fraction of sp³-hybridized carbons (Fsp3) is 0.385. The van der Waals surface area contributed by atoms with E-state index in [-0.39, 0.29) is 5.56 Å². The molecule has 2 aromatic rings. The first-order valence-corrected chi connectivity index (χ1v) is 5.80. The Hall–Kier alpha value is -1.84. The molecule has 1 aliphatic rings. The van der Waals surface area contributed by atoms with Crippen LogP contribution in [0.4, 0.5) is 0 Å². The molecule has 2 unspecified atom stereocenters. The number of aromatic nitrogens is 2. The summed E-state index contributed by atoms with van der Waals surface area (Å²) >= 11 is 0. The monoisotopic (exact) mass is 230 g/mol. The van der Waals surface area contributed by atoms with E-state index in [4.69, 9.17) is 5.11 Å². The maximum absolute atomic E-state index is 11.1. The third kappa shape index (κ3) is 1.44. The van der Waals surface area contributed by atoms with Crippen LogP contribution in [0.3, 0.4) is 0 Å². The van der Waals surface area contributed by atoms with Crippen molar-refractivity contribution in [1.82, 2.24) is 9.55 Å². The molecule has 3 rings (SSSR count). The van der Waals surface area contributed by atoms with E-state index >= 15 is 0 Å². The average molecular weight is 230 g/mol. The number of aromatic carboxylic acids is 1. The number of fused-ring (bicyclic) bond motifs is 1. The third-order valence-electron chi connectivity index (χ3n) is 3.53.